The number of ether oxygens (including phenoxy) is 4. The predicted molar refractivity (Wildman–Crippen MR) is 119 cm³/mol. The highest BCUT2D eigenvalue weighted by molar-refractivity contribution is 14.0. The number of methoxy groups -OCH3 is 1. The molecule has 1 heterocycles. The van der Waals surface area contributed by atoms with Crippen LogP contribution in [0.2, 0.25) is 0 Å². The quantitative estimate of drug-likeness (QED) is 0.274. The number of aliphatic imine (C=N–C) groups is 1. The minimum Gasteiger partial charge on any atom is -0.496 e. The number of para-hydroxylation sites is 1. The largest absolute Gasteiger partial charge is 0.496 e. The van der Waals surface area contributed by atoms with Crippen molar-refractivity contribution in [2.45, 2.75) is 6.54 Å². The summed E-state index contributed by atoms with van der Waals surface area (Å²) in [6.07, 6.45) is 0. The molecule has 152 valence electrons. The van der Waals surface area contributed by atoms with E-state index in [4.69, 9.17) is 18.9 Å². The lowest BCUT2D eigenvalue weighted by molar-refractivity contribution is 0.173. The van der Waals surface area contributed by atoms with E-state index >= 15 is 0 Å². The van der Waals surface area contributed by atoms with Crippen LogP contribution < -0.4 is 24.3 Å². The van der Waals surface area contributed by atoms with Gasteiger partial charge < -0.3 is 29.2 Å². The molecule has 1 aliphatic rings. The number of guanidine groups is 1. The molecule has 0 fully saturated rings. The molecular formula is C20H26IN3O4. The Morgan fingerprint density at radius 2 is 1.96 bits per heavy atom. The van der Waals surface area contributed by atoms with Crippen molar-refractivity contribution in [1.29, 1.82) is 0 Å². The third-order valence-corrected chi connectivity index (χ3v) is 4.17. The van der Waals surface area contributed by atoms with Crippen LogP contribution in [0.1, 0.15) is 5.56 Å². The van der Waals surface area contributed by atoms with Gasteiger partial charge in [0.15, 0.2) is 17.5 Å². The van der Waals surface area contributed by atoms with Crippen LogP contribution in [0.25, 0.3) is 0 Å². The summed E-state index contributed by atoms with van der Waals surface area (Å²) in [5.41, 5.74) is 1.10. The van der Waals surface area contributed by atoms with Crippen molar-refractivity contribution in [3.05, 3.63) is 48.0 Å². The lowest BCUT2D eigenvalue weighted by Crippen LogP contribution is -2.40. The van der Waals surface area contributed by atoms with E-state index in [0.717, 1.165) is 28.8 Å². The second-order valence-electron chi connectivity index (χ2n) is 6.01. The summed E-state index contributed by atoms with van der Waals surface area (Å²) < 4.78 is 21.8. The van der Waals surface area contributed by atoms with Crippen molar-refractivity contribution in [3.8, 4) is 23.0 Å². The Bertz CT molecular complexity index is 801. The molecule has 3 rings (SSSR count). The lowest BCUT2D eigenvalue weighted by atomic mass is 10.2. The first-order valence-corrected chi connectivity index (χ1v) is 8.77. The first kappa shape index (κ1) is 21.9. The fourth-order valence-electron chi connectivity index (χ4n) is 2.85. The summed E-state index contributed by atoms with van der Waals surface area (Å²) in [5.74, 6) is 3.87. The van der Waals surface area contributed by atoms with Gasteiger partial charge in [-0.1, -0.05) is 18.2 Å². The first-order valence-electron chi connectivity index (χ1n) is 8.77. The van der Waals surface area contributed by atoms with Gasteiger partial charge in [-0.2, -0.15) is 0 Å². The van der Waals surface area contributed by atoms with E-state index in [1.54, 1.807) is 14.2 Å². The lowest BCUT2D eigenvalue weighted by Gasteiger charge is -2.23. The molecule has 0 bridgehead atoms. The zero-order valence-electron chi connectivity index (χ0n) is 16.3. The summed E-state index contributed by atoms with van der Waals surface area (Å²) in [5, 5.41) is 3.30. The molecule has 2 aromatic rings. The van der Waals surface area contributed by atoms with E-state index in [-0.39, 0.29) is 30.8 Å². The molecule has 0 spiro atoms. The van der Waals surface area contributed by atoms with Gasteiger partial charge in [0.25, 0.3) is 0 Å². The third-order valence-electron chi connectivity index (χ3n) is 4.17. The van der Waals surface area contributed by atoms with E-state index in [0.29, 0.717) is 25.4 Å². The molecule has 7 nitrogen and oxygen atoms in total. The van der Waals surface area contributed by atoms with Gasteiger partial charge in [-0.25, -0.2) is 0 Å². The number of nitrogens with one attached hydrogen (secondary N) is 1. The minimum absolute atomic E-state index is 0. The van der Waals surface area contributed by atoms with E-state index in [1.807, 2.05) is 54.4 Å². The van der Waals surface area contributed by atoms with Gasteiger partial charge >= 0.3 is 0 Å². The van der Waals surface area contributed by atoms with Crippen LogP contribution >= 0.6 is 24.0 Å². The molecule has 0 aliphatic carbocycles. The Morgan fingerprint density at radius 1 is 1.18 bits per heavy atom. The van der Waals surface area contributed by atoms with Gasteiger partial charge in [-0.3, -0.25) is 4.99 Å². The Labute approximate surface area is 182 Å². The van der Waals surface area contributed by atoms with Gasteiger partial charge in [0.1, 0.15) is 18.1 Å². The van der Waals surface area contributed by atoms with Gasteiger partial charge in [0, 0.05) is 32.3 Å². The van der Waals surface area contributed by atoms with Gasteiger partial charge in [0.05, 0.1) is 13.7 Å². The third kappa shape index (κ3) is 5.57. The fraction of sp³-hybridized carbons (Fsp3) is 0.350. The predicted octanol–water partition coefficient (Wildman–Crippen LogP) is 3.13. The van der Waals surface area contributed by atoms with Crippen molar-refractivity contribution < 1.29 is 18.9 Å². The molecule has 0 radical (unpaired) electrons. The molecular weight excluding hydrogens is 473 g/mol. The summed E-state index contributed by atoms with van der Waals surface area (Å²) in [4.78, 5) is 6.37. The fourth-order valence-corrected chi connectivity index (χ4v) is 2.85. The van der Waals surface area contributed by atoms with Crippen molar-refractivity contribution in [3.63, 3.8) is 0 Å². The van der Waals surface area contributed by atoms with Crippen molar-refractivity contribution in [1.82, 2.24) is 10.2 Å². The smallest absolute Gasteiger partial charge is 0.231 e. The van der Waals surface area contributed by atoms with Crippen molar-refractivity contribution >= 4 is 29.9 Å². The second kappa shape index (κ2) is 10.8. The molecule has 28 heavy (non-hydrogen) atoms. The number of halogens is 1. The van der Waals surface area contributed by atoms with E-state index < -0.39 is 0 Å². The minimum atomic E-state index is 0. The molecule has 0 atom stereocenters. The first-order chi connectivity index (χ1) is 13.2. The molecule has 1 N–H and O–H groups in total. The Hall–Kier alpha value is -2.36. The molecule has 0 unspecified atom stereocenters. The number of fused-ring (bicyclic) bond motifs is 1. The maximum Gasteiger partial charge on any atom is 0.231 e. The van der Waals surface area contributed by atoms with Crippen LogP contribution in [0.3, 0.4) is 0 Å². The molecule has 0 amide bonds. The van der Waals surface area contributed by atoms with E-state index in [2.05, 4.69) is 10.3 Å². The van der Waals surface area contributed by atoms with Crippen LogP contribution in [-0.2, 0) is 6.54 Å². The number of hydrogen-bond donors (Lipinski definition) is 1. The topological polar surface area (TPSA) is 64.6 Å². The SMILES string of the molecule is CN=C(NCCOc1ccc2c(c1)OCO2)N(C)Cc1ccccc1OC.I. The molecule has 2 aromatic carbocycles. The number of benzene rings is 2. The van der Waals surface area contributed by atoms with Crippen LogP contribution in [0.4, 0.5) is 0 Å². The van der Waals surface area contributed by atoms with Crippen LogP contribution in [0, 0.1) is 0 Å². The highest BCUT2D eigenvalue weighted by Gasteiger charge is 2.14. The van der Waals surface area contributed by atoms with E-state index in [9.17, 15) is 0 Å². The van der Waals surface area contributed by atoms with Gasteiger partial charge in [-0.15, -0.1) is 24.0 Å². The average Bonchev–Trinajstić information content (AvgIpc) is 3.16. The second-order valence-corrected chi connectivity index (χ2v) is 6.01. The number of nitrogens with zero attached hydrogens (tertiary/aromatic N) is 2. The Balaban J connectivity index is 0.00000280. The Morgan fingerprint density at radius 3 is 2.75 bits per heavy atom. The molecule has 8 heteroatoms. The maximum absolute atomic E-state index is 5.77. The zero-order valence-corrected chi connectivity index (χ0v) is 18.6. The van der Waals surface area contributed by atoms with Crippen LogP contribution in [0.5, 0.6) is 23.0 Å². The zero-order chi connectivity index (χ0) is 19.1. The highest BCUT2D eigenvalue weighted by Crippen LogP contribution is 2.34. The molecule has 0 aromatic heterocycles. The van der Waals surface area contributed by atoms with E-state index in [1.165, 1.54) is 0 Å². The number of hydrogen-bond acceptors (Lipinski definition) is 5. The molecule has 0 saturated heterocycles. The number of rotatable bonds is 7. The van der Waals surface area contributed by atoms with Crippen LogP contribution in [-0.4, -0.2) is 52.0 Å². The monoisotopic (exact) mass is 499 g/mol. The summed E-state index contributed by atoms with van der Waals surface area (Å²) in [6.45, 7) is 2.07. The van der Waals surface area contributed by atoms with Crippen molar-refractivity contribution in [2.75, 3.05) is 41.1 Å². The Kier molecular flexibility index (Phi) is 8.49. The van der Waals surface area contributed by atoms with Crippen molar-refractivity contribution in [2.24, 2.45) is 4.99 Å². The average molecular weight is 499 g/mol. The standard InChI is InChI=1S/C20H25N3O4.HI/c1-21-20(23(2)13-15-6-4-5-7-17(15)24-3)22-10-11-25-16-8-9-18-19(12-16)27-14-26-18;/h4-9,12H,10-11,13-14H2,1-3H3,(H,21,22);1H. The highest BCUT2D eigenvalue weighted by atomic mass is 127. The molecule has 1 aliphatic heterocycles. The summed E-state index contributed by atoms with van der Waals surface area (Å²) in [7, 11) is 5.43. The normalized spacial score (nSPS) is 12.2. The maximum atomic E-state index is 5.77. The van der Waals surface area contributed by atoms with Gasteiger partial charge in [0.2, 0.25) is 6.79 Å². The summed E-state index contributed by atoms with van der Waals surface area (Å²) >= 11 is 0. The van der Waals surface area contributed by atoms with Gasteiger partial charge in [-0.05, 0) is 18.2 Å². The van der Waals surface area contributed by atoms with Crippen LogP contribution in [0.15, 0.2) is 47.5 Å². The summed E-state index contributed by atoms with van der Waals surface area (Å²) in [6, 6.07) is 13.5. The molecule has 0 saturated carbocycles.